The molecule has 1 heterocycles. The standard InChI is InChI=1S/C22H18F3N3O4S/c23-16-7-20-18(6-15(16)19(29)5-14-8-22(14,24)25)28(21(30)17(27)11-33(20,31)32)10-13-3-1-12(9-26)2-4-13/h1-4,6-7,14,17H,5,8,10-11,27H2/t14?,17-/m0/s1. The van der Waals surface area contributed by atoms with Gasteiger partial charge in [-0.05, 0) is 29.8 Å². The number of alkyl halides is 2. The molecule has 0 bridgehead atoms. The summed E-state index contributed by atoms with van der Waals surface area (Å²) in [5, 5.41) is 8.95. The molecule has 0 saturated heterocycles. The maximum Gasteiger partial charge on any atom is 0.252 e. The number of hydrogen-bond donors (Lipinski definition) is 1. The number of carbonyl (C=O) groups is 2. The Hall–Kier alpha value is -3.23. The third-order valence-electron chi connectivity index (χ3n) is 5.77. The first kappa shape index (κ1) is 22.9. The molecular formula is C22H18F3N3O4S. The van der Waals surface area contributed by atoms with Crippen molar-refractivity contribution >= 4 is 27.2 Å². The Balaban J connectivity index is 1.79. The van der Waals surface area contributed by atoms with Crippen LogP contribution in [0.1, 0.15) is 34.3 Å². The van der Waals surface area contributed by atoms with E-state index in [0.717, 1.165) is 11.0 Å². The molecule has 1 fully saturated rings. The minimum atomic E-state index is -4.19. The van der Waals surface area contributed by atoms with E-state index >= 15 is 0 Å². The van der Waals surface area contributed by atoms with Crippen LogP contribution in [0.5, 0.6) is 0 Å². The monoisotopic (exact) mass is 477 g/mol. The summed E-state index contributed by atoms with van der Waals surface area (Å²) in [6.45, 7) is -0.166. The van der Waals surface area contributed by atoms with Gasteiger partial charge in [0.05, 0.1) is 46.1 Å². The SMILES string of the molecule is N#Cc1ccc(CN2C(=O)[C@@H](N)CS(=O)(=O)c3cc(F)c(C(=O)CC4CC4(F)F)cc32)cc1. The number of fused-ring (bicyclic) bond motifs is 1. The van der Waals surface area contributed by atoms with Gasteiger partial charge in [-0.25, -0.2) is 21.6 Å². The molecule has 0 radical (unpaired) electrons. The summed E-state index contributed by atoms with van der Waals surface area (Å²) in [5.41, 5.74) is 5.88. The van der Waals surface area contributed by atoms with Crippen LogP contribution in [0.25, 0.3) is 0 Å². The summed E-state index contributed by atoms with van der Waals surface area (Å²) < 4.78 is 66.8. The molecule has 7 nitrogen and oxygen atoms in total. The molecule has 4 rings (SSSR count). The first-order chi connectivity index (χ1) is 15.4. The van der Waals surface area contributed by atoms with E-state index in [-0.39, 0.29) is 12.2 Å². The third-order valence-corrected chi connectivity index (χ3v) is 7.56. The van der Waals surface area contributed by atoms with E-state index in [1.54, 1.807) is 12.1 Å². The number of anilines is 1. The topological polar surface area (TPSA) is 121 Å². The minimum Gasteiger partial charge on any atom is -0.319 e. The van der Waals surface area contributed by atoms with Crippen LogP contribution >= 0.6 is 0 Å². The number of benzene rings is 2. The van der Waals surface area contributed by atoms with Crippen molar-refractivity contribution in [1.29, 1.82) is 5.26 Å². The minimum absolute atomic E-state index is 0.166. The van der Waals surface area contributed by atoms with Gasteiger partial charge in [0.15, 0.2) is 15.6 Å². The molecule has 2 aromatic carbocycles. The van der Waals surface area contributed by atoms with Crippen molar-refractivity contribution in [1.82, 2.24) is 0 Å². The summed E-state index contributed by atoms with van der Waals surface area (Å²) in [4.78, 5) is 26.0. The maximum absolute atomic E-state index is 14.8. The van der Waals surface area contributed by atoms with E-state index in [0.29, 0.717) is 17.2 Å². The van der Waals surface area contributed by atoms with Gasteiger partial charge in [0.25, 0.3) is 5.92 Å². The number of halogens is 3. The molecule has 1 aliphatic carbocycles. The number of ketones is 1. The summed E-state index contributed by atoms with van der Waals surface area (Å²) in [7, 11) is -4.19. The molecule has 0 aromatic heterocycles. The zero-order valence-electron chi connectivity index (χ0n) is 17.1. The number of hydrogen-bond acceptors (Lipinski definition) is 6. The largest absolute Gasteiger partial charge is 0.319 e. The van der Waals surface area contributed by atoms with Crippen LogP contribution < -0.4 is 10.6 Å². The highest BCUT2D eigenvalue weighted by molar-refractivity contribution is 7.91. The first-order valence-corrected chi connectivity index (χ1v) is 11.6. The molecule has 1 amide bonds. The van der Waals surface area contributed by atoms with Crippen LogP contribution in [-0.2, 0) is 21.2 Å². The van der Waals surface area contributed by atoms with Gasteiger partial charge in [-0.1, -0.05) is 12.1 Å². The summed E-state index contributed by atoms with van der Waals surface area (Å²) in [6.07, 6.45) is -1.07. The molecule has 2 atom stereocenters. The highest BCUT2D eigenvalue weighted by Crippen LogP contribution is 2.51. The zero-order chi connectivity index (χ0) is 24.1. The highest BCUT2D eigenvalue weighted by Gasteiger charge is 2.57. The Labute approximate surface area is 187 Å². The molecule has 2 aliphatic rings. The van der Waals surface area contributed by atoms with Crippen molar-refractivity contribution in [2.75, 3.05) is 10.7 Å². The van der Waals surface area contributed by atoms with E-state index in [2.05, 4.69) is 0 Å². The van der Waals surface area contributed by atoms with Gasteiger partial charge in [-0.2, -0.15) is 5.26 Å². The zero-order valence-corrected chi connectivity index (χ0v) is 17.9. The molecule has 1 aliphatic heterocycles. The molecule has 11 heteroatoms. The maximum atomic E-state index is 14.8. The van der Waals surface area contributed by atoms with Gasteiger partial charge in [0.1, 0.15) is 5.82 Å². The van der Waals surface area contributed by atoms with Gasteiger partial charge in [0, 0.05) is 18.8 Å². The highest BCUT2D eigenvalue weighted by atomic mass is 32.2. The normalized spacial score (nSPS) is 22.8. The fraction of sp³-hybridized carbons (Fsp3) is 0.318. The number of Topliss-reactive ketones (excluding diaryl/α,β-unsaturated/α-hetero) is 1. The van der Waals surface area contributed by atoms with E-state index in [1.807, 2.05) is 6.07 Å². The molecule has 33 heavy (non-hydrogen) atoms. The number of nitrogens with two attached hydrogens (primary N) is 1. The van der Waals surface area contributed by atoms with Crippen molar-refractivity contribution in [3.63, 3.8) is 0 Å². The van der Waals surface area contributed by atoms with Crippen molar-refractivity contribution in [3.05, 3.63) is 58.9 Å². The number of nitrogens with zero attached hydrogens (tertiary/aromatic N) is 2. The van der Waals surface area contributed by atoms with Gasteiger partial charge in [-0.3, -0.25) is 9.59 Å². The second-order valence-electron chi connectivity index (χ2n) is 8.21. The predicted octanol–water partition coefficient (Wildman–Crippen LogP) is 2.57. The molecular weight excluding hydrogens is 459 g/mol. The second-order valence-corrected chi connectivity index (χ2v) is 10.2. The summed E-state index contributed by atoms with van der Waals surface area (Å²) >= 11 is 0. The van der Waals surface area contributed by atoms with E-state index < -0.39 is 74.3 Å². The van der Waals surface area contributed by atoms with Gasteiger partial charge < -0.3 is 10.6 Å². The van der Waals surface area contributed by atoms with Gasteiger partial charge >= 0.3 is 0 Å². The Morgan fingerprint density at radius 1 is 1.24 bits per heavy atom. The van der Waals surface area contributed by atoms with Crippen molar-refractivity contribution < 1.29 is 31.2 Å². The van der Waals surface area contributed by atoms with Crippen LogP contribution in [0.2, 0.25) is 0 Å². The van der Waals surface area contributed by atoms with Gasteiger partial charge in [0.2, 0.25) is 5.91 Å². The summed E-state index contributed by atoms with van der Waals surface area (Å²) in [6, 6.07) is 8.20. The third kappa shape index (κ3) is 4.36. The fourth-order valence-electron chi connectivity index (χ4n) is 3.79. The second kappa shape index (κ2) is 7.97. The smallest absolute Gasteiger partial charge is 0.252 e. The fourth-order valence-corrected chi connectivity index (χ4v) is 5.35. The molecule has 1 unspecified atom stereocenters. The number of nitriles is 1. The van der Waals surface area contributed by atoms with Crippen molar-refractivity contribution in [2.45, 2.75) is 36.2 Å². The Kier molecular flexibility index (Phi) is 5.54. The molecule has 172 valence electrons. The van der Waals surface area contributed by atoms with Crippen LogP contribution in [0.3, 0.4) is 0 Å². The predicted molar refractivity (Wildman–Crippen MR) is 111 cm³/mol. The first-order valence-electron chi connectivity index (χ1n) is 9.96. The quantitative estimate of drug-likeness (QED) is 0.661. The average molecular weight is 477 g/mol. The lowest BCUT2D eigenvalue weighted by molar-refractivity contribution is -0.119. The van der Waals surface area contributed by atoms with Crippen LogP contribution in [0, 0.1) is 23.1 Å². The Morgan fingerprint density at radius 2 is 1.88 bits per heavy atom. The molecule has 1 saturated carbocycles. The lowest BCUT2D eigenvalue weighted by atomic mass is 10.0. The molecule has 2 aromatic rings. The number of rotatable bonds is 5. The van der Waals surface area contributed by atoms with E-state index in [4.69, 9.17) is 11.0 Å². The Bertz CT molecular complexity index is 1300. The molecule has 2 N–H and O–H groups in total. The number of sulfone groups is 1. The molecule has 0 spiro atoms. The van der Waals surface area contributed by atoms with E-state index in [1.165, 1.54) is 12.1 Å². The number of carbonyl (C=O) groups excluding carboxylic acids is 2. The van der Waals surface area contributed by atoms with Gasteiger partial charge in [-0.15, -0.1) is 0 Å². The van der Waals surface area contributed by atoms with Crippen LogP contribution in [-0.4, -0.2) is 37.8 Å². The lowest BCUT2D eigenvalue weighted by Crippen LogP contribution is -2.45. The average Bonchev–Trinajstić information content (AvgIpc) is 3.37. The Morgan fingerprint density at radius 3 is 2.45 bits per heavy atom. The lowest BCUT2D eigenvalue weighted by Gasteiger charge is -2.25. The summed E-state index contributed by atoms with van der Waals surface area (Å²) in [5.74, 6) is -7.78. The number of amides is 1. The van der Waals surface area contributed by atoms with Crippen molar-refractivity contribution in [2.24, 2.45) is 11.7 Å². The van der Waals surface area contributed by atoms with Crippen molar-refractivity contribution in [3.8, 4) is 6.07 Å². The van der Waals surface area contributed by atoms with Crippen LogP contribution in [0.4, 0.5) is 18.9 Å². The van der Waals surface area contributed by atoms with Crippen LogP contribution in [0.15, 0.2) is 41.3 Å². The van der Waals surface area contributed by atoms with E-state index in [9.17, 15) is 31.2 Å².